The maximum atomic E-state index is 2.72. The van der Waals surface area contributed by atoms with Crippen LogP contribution in [0.1, 0.15) is 52.9 Å². The average Bonchev–Trinajstić information content (AvgIpc) is 3.06. The fourth-order valence-corrected chi connectivity index (χ4v) is 3.90. The first kappa shape index (κ1) is 15.3. The summed E-state index contributed by atoms with van der Waals surface area (Å²) < 4.78 is 0. The summed E-state index contributed by atoms with van der Waals surface area (Å²) >= 11 is 0. The first-order valence-electron chi connectivity index (χ1n) is 8.48. The van der Waals surface area contributed by atoms with E-state index in [0.29, 0.717) is 0 Å². The van der Waals surface area contributed by atoms with Crippen molar-refractivity contribution in [2.24, 2.45) is 0 Å². The second-order valence-corrected chi connectivity index (χ2v) is 6.25. The summed E-state index contributed by atoms with van der Waals surface area (Å²) in [5, 5.41) is 0. The molecule has 0 aliphatic carbocycles. The summed E-state index contributed by atoms with van der Waals surface area (Å²) in [5.41, 5.74) is 0. The molecule has 0 saturated carbocycles. The fraction of sp³-hybridized carbons (Fsp3) is 1.00. The van der Waals surface area contributed by atoms with Crippen LogP contribution < -0.4 is 0 Å². The lowest BCUT2D eigenvalue weighted by Crippen LogP contribution is -2.46. The molecule has 2 atom stereocenters. The first-order valence-corrected chi connectivity index (χ1v) is 8.48. The lowest BCUT2D eigenvalue weighted by atomic mass is 10.2. The third kappa shape index (κ3) is 3.93. The molecular formula is C16H33N3. The van der Waals surface area contributed by atoms with Crippen LogP contribution in [0.2, 0.25) is 0 Å². The van der Waals surface area contributed by atoms with E-state index < -0.39 is 0 Å². The highest BCUT2D eigenvalue weighted by Crippen LogP contribution is 2.21. The first-order chi connectivity index (χ1) is 9.28. The summed E-state index contributed by atoms with van der Waals surface area (Å²) in [6.45, 7) is 14.5. The molecule has 2 aliphatic rings. The quantitative estimate of drug-likeness (QED) is 0.702. The smallest absolute Gasteiger partial charge is 0.0509 e. The number of nitrogens with zero attached hydrogens (tertiary/aromatic N) is 3. The molecule has 0 radical (unpaired) electrons. The van der Waals surface area contributed by atoms with E-state index in [9.17, 15) is 0 Å². The van der Waals surface area contributed by atoms with E-state index in [-0.39, 0.29) is 0 Å². The van der Waals surface area contributed by atoms with E-state index in [0.717, 1.165) is 12.1 Å². The number of likely N-dealkylation sites (N-methyl/N-ethyl adjacent to an activating group) is 2. The predicted molar refractivity (Wildman–Crippen MR) is 82.4 cm³/mol. The number of hydrogen-bond acceptors (Lipinski definition) is 3. The molecule has 0 aromatic rings. The molecule has 0 amide bonds. The highest BCUT2D eigenvalue weighted by Gasteiger charge is 2.28. The van der Waals surface area contributed by atoms with Gasteiger partial charge in [-0.3, -0.25) is 14.7 Å². The molecule has 2 aliphatic heterocycles. The van der Waals surface area contributed by atoms with E-state index in [1.54, 1.807) is 0 Å². The van der Waals surface area contributed by atoms with Gasteiger partial charge in [-0.2, -0.15) is 0 Å². The van der Waals surface area contributed by atoms with Gasteiger partial charge in [0.05, 0.1) is 6.67 Å². The summed E-state index contributed by atoms with van der Waals surface area (Å²) in [6, 6.07) is 1.66. The van der Waals surface area contributed by atoms with Gasteiger partial charge in [-0.25, -0.2) is 0 Å². The van der Waals surface area contributed by atoms with Crippen LogP contribution in [-0.4, -0.2) is 66.2 Å². The van der Waals surface area contributed by atoms with Crippen LogP contribution in [0, 0.1) is 0 Å². The Kier molecular flexibility index (Phi) is 6.11. The van der Waals surface area contributed by atoms with Gasteiger partial charge >= 0.3 is 0 Å². The molecular weight excluding hydrogens is 234 g/mol. The Balaban J connectivity index is 1.82. The van der Waals surface area contributed by atoms with Gasteiger partial charge in [-0.1, -0.05) is 20.8 Å². The van der Waals surface area contributed by atoms with Crippen molar-refractivity contribution in [3.63, 3.8) is 0 Å². The van der Waals surface area contributed by atoms with Gasteiger partial charge in [0.1, 0.15) is 0 Å². The zero-order chi connectivity index (χ0) is 13.7. The summed E-state index contributed by atoms with van der Waals surface area (Å²) in [7, 11) is 0. The van der Waals surface area contributed by atoms with Crippen LogP contribution in [0.15, 0.2) is 0 Å². The van der Waals surface area contributed by atoms with Gasteiger partial charge in [-0.05, 0) is 58.3 Å². The van der Waals surface area contributed by atoms with Crippen molar-refractivity contribution in [1.82, 2.24) is 14.7 Å². The minimum absolute atomic E-state index is 0.813. The SMILES string of the molecule is CCC1CCCN1CN(CC)CC1CCCN1CC. The molecule has 3 nitrogen and oxygen atoms in total. The van der Waals surface area contributed by atoms with Gasteiger partial charge in [0.2, 0.25) is 0 Å². The van der Waals surface area contributed by atoms with Crippen molar-refractivity contribution >= 4 is 0 Å². The van der Waals surface area contributed by atoms with Crippen LogP contribution in [0.4, 0.5) is 0 Å². The Morgan fingerprint density at radius 2 is 1.63 bits per heavy atom. The predicted octanol–water partition coefficient (Wildman–Crippen LogP) is 2.62. The van der Waals surface area contributed by atoms with Crippen LogP contribution >= 0.6 is 0 Å². The van der Waals surface area contributed by atoms with Crippen molar-refractivity contribution in [2.45, 2.75) is 65.0 Å². The van der Waals surface area contributed by atoms with Gasteiger partial charge < -0.3 is 0 Å². The lowest BCUT2D eigenvalue weighted by molar-refractivity contribution is 0.0970. The monoisotopic (exact) mass is 267 g/mol. The van der Waals surface area contributed by atoms with Crippen LogP contribution in [0.5, 0.6) is 0 Å². The molecule has 3 heteroatoms. The second-order valence-electron chi connectivity index (χ2n) is 6.25. The van der Waals surface area contributed by atoms with Crippen molar-refractivity contribution < 1.29 is 0 Å². The zero-order valence-electron chi connectivity index (χ0n) is 13.3. The Morgan fingerprint density at radius 3 is 2.26 bits per heavy atom. The van der Waals surface area contributed by atoms with Gasteiger partial charge in [0.25, 0.3) is 0 Å². The van der Waals surface area contributed by atoms with Crippen molar-refractivity contribution in [2.75, 3.05) is 39.4 Å². The molecule has 2 rings (SSSR count). The molecule has 0 bridgehead atoms. The molecule has 2 heterocycles. The van der Waals surface area contributed by atoms with E-state index in [1.165, 1.54) is 71.5 Å². The number of rotatable bonds is 7. The molecule has 19 heavy (non-hydrogen) atoms. The second kappa shape index (κ2) is 7.61. The topological polar surface area (TPSA) is 9.72 Å². The van der Waals surface area contributed by atoms with Crippen LogP contribution in [-0.2, 0) is 0 Å². The van der Waals surface area contributed by atoms with E-state index in [1.807, 2.05) is 0 Å². The summed E-state index contributed by atoms with van der Waals surface area (Å²) in [5.74, 6) is 0. The van der Waals surface area contributed by atoms with E-state index in [2.05, 4.69) is 35.5 Å². The van der Waals surface area contributed by atoms with Gasteiger partial charge in [-0.15, -0.1) is 0 Å². The maximum absolute atomic E-state index is 2.72. The Morgan fingerprint density at radius 1 is 0.947 bits per heavy atom. The molecule has 2 fully saturated rings. The molecule has 112 valence electrons. The minimum atomic E-state index is 0.813. The number of likely N-dealkylation sites (tertiary alicyclic amines) is 2. The lowest BCUT2D eigenvalue weighted by Gasteiger charge is -2.34. The zero-order valence-corrected chi connectivity index (χ0v) is 13.3. The fourth-order valence-electron chi connectivity index (χ4n) is 3.90. The van der Waals surface area contributed by atoms with Crippen molar-refractivity contribution in [3.8, 4) is 0 Å². The average molecular weight is 267 g/mol. The molecule has 2 saturated heterocycles. The summed E-state index contributed by atoms with van der Waals surface area (Å²) in [4.78, 5) is 8.06. The molecule has 2 unspecified atom stereocenters. The standard InChI is InChI=1S/C16H33N3/c1-4-15-9-7-12-19(15)14-17(5-2)13-16-10-8-11-18(16)6-3/h15-16H,4-14H2,1-3H3. The maximum Gasteiger partial charge on any atom is 0.0509 e. The van der Waals surface area contributed by atoms with Crippen molar-refractivity contribution in [3.05, 3.63) is 0 Å². The minimum Gasteiger partial charge on any atom is -0.299 e. The van der Waals surface area contributed by atoms with Crippen LogP contribution in [0.25, 0.3) is 0 Å². The van der Waals surface area contributed by atoms with E-state index >= 15 is 0 Å². The highest BCUT2D eigenvalue weighted by molar-refractivity contribution is 4.83. The normalized spacial score (nSPS) is 29.7. The highest BCUT2D eigenvalue weighted by atomic mass is 15.3. The molecule has 0 N–H and O–H groups in total. The molecule has 0 aromatic carbocycles. The molecule has 0 spiro atoms. The van der Waals surface area contributed by atoms with E-state index in [4.69, 9.17) is 0 Å². The largest absolute Gasteiger partial charge is 0.299 e. The van der Waals surface area contributed by atoms with Crippen molar-refractivity contribution in [1.29, 1.82) is 0 Å². The third-order valence-electron chi connectivity index (χ3n) is 5.17. The third-order valence-corrected chi connectivity index (χ3v) is 5.17. The Hall–Kier alpha value is -0.120. The summed E-state index contributed by atoms with van der Waals surface area (Å²) in [6.07, 6.45) is 6.94. The Bertz CT molecular complexity index is 232. The molecule has 0 aromatic heterocycles. The van der Waals surface area contributed by atoms with Crippen LogP contribution in [0.3, 0.4) is 0 Å². The van der Waals surface area contributed by atoms with Gasteiger partial charge in [0.15, 0.2) is 0 Å². The Labute approximate surface area is 119 Å². The number of hydrogen-bond donors (Lipinski definition) is 0. The van der Waals surface area contributed by atoms with Gasteiger partial charge in [0, 0.05) is 18.6 Å².